The molecular formula is C51H65N11O8S2. The number of aromatic nitrogens is 3. The van der Waals surface area contributed by atoms with Crippen LogP contribution in [0.5, 0.6) is 0 Å². The van der Waals surface area contributed by atoms with Gasteiger partial charge < -0.3 is 35.8 Å². The molecule has 0 radical (unpaired) electrons. The number of likely N-dealkylation sites (tertiary alicyclic amines) is 1. The third-order valence-electron chi connectivity index (χ3n) is 12.2. The molecule has 7 rings (SSSR count). The standard InChI is InChI=1S/C51H65N11O8S2/c1-32-27-53-49(57-46(32)55-38-11-10-12-41(25-38)72(68,69)58-51(7,8)9)56-37-17-19-39(20-18-37)59-21-23-60(24-22-59)43(65)30-70-62(34(3)63)45(50(4,5)6)48(67)61-29-40(64)26-42(61)47(66)52-28-35-13-15-36(16-14-35)44-33(2)54-31-71-44/h10-20,25,27,31,40,42,45,58,64H,21-24,26,28-30H2,1-9H3,(H,52,66)(H2,53,55,56,57)/t40-,42+,45-/m1/s1. The fourth-order valence-corrected chi connectivity index (χ4v) is 10.9. The number of anilines is 5. The summed E-state index contributed by atoms with van der Waals surface area (Å²) in [6, 6.07) is 19.8. The number of sulfonamides is 1. The number of benzene rings is 3. The van der Waals surface area contributed by atoms with E-state index >= 15 is 0 Å². The molecule has 384 valence electrons. The molecule has 2 aromatic heterocycles. The highest BCUT2D eigenvalue weighted by atomic mass is 32.2. The average Bonchev–Trinajstić information content (AvgIpc) is 3.94. The molecule has 2 fully saturated rings. The lowest BCUT2D eigenvalue weighted by atomic mass is 9.85. The van der Waals surface area contributed by atoms with Crippen molar-refractivity contribution in [1.82, 2.24) is 39.9 Å². The predicted octanol–water partition coefficient (Wildman–Crippen LogP) is 5.90. The zero-order valence-electron chi connectivity index (χ0n) is 42.2. The first-order chi connectivity index (χ1) is 34.0. The summed E-state index contributed by atoms with van der Waals surface area (Å²) >= 11 is 1.56. The highest BCUT2D eigenvalue weighted by molar-refractivity contribution is 7.89. The predicted molar refractivity (Wildman–Crippen MR) is 277 cm³/mol. The van der Waals surface area contributed by atoms with Crippen LogP contribution in [-0.4, -0.2) is 130 Å². The van der Waals surface area contributed by atoms with Crippen molar-refractivity contribution in [3.8, 4) is 10.4 Å². The first kappa shape index (κ1) is 53.3. The normalized spacial score (nSPS) is 16.8. The molecule has 0 aliphatic carbocycles. The van der Waals surface area contributed by atoms with Crippen LogP contribution in [0.2, 0.25) is 0 Å². The molecule has 2 saturated heterocycles. The minimum Gasteiger partial charge on any atom is -0.391 e. The second-order valence-corrected chi connectivity index (χ2v) is 22.8. The Morgan fingerprint density at radius 1 is 0.903 bits per heavy atom. The molecule has 19 nitrogen and oxygen atoms in total. The third kappa shape index (κ3) is 13.3. The molecule has 2 aliphatic heterocycles. The number of thiazole rings is 1. The smallest absolute Gasteiger partial charge is 0.251 e. The molecule has 0 unspecified atom stereocenters. The molecule has 0 spiro atoms. The highest BCUT2D eigenvalue weighted by Gasteiger charge is 2.47. The van der Waals surface area contributed by atoms with Gasteiger partial charge in [-0.05, 0) is 93.6 Å². The summed E-state index contributed by atoms with van der Waals surface area (Å²) in [6.45, 7) is 17.2. The number of hydrogen-bond acceptors (Lipinski definition) is 15. The number of amides is 4. The number of nitrogens with one attached hydrogen (secondary N) is 4. The van der Waals surface area contributed by atoms with Crippen LogP contribution in [0, 0.1) is 19.3 Å². The van der Waals surface area contributed by atoms with Gasteiger partial charge in [0.25, 0.3) is 5.91 Å². The molecule has 0 saturated carbocycles. The van der Waals surface area contributed by atoms with Gasteiger partial charge in [-0.3, -0.25) is 24.0 Å². The van der Waals surface area contributed by atoms with Crippen molar-refractivity contribution in [2.45, 2.75) is 104 Å². The maximum absolute atomic E-state index is 14.5. The number of nitrogens with zero attached hydrogens (tertiary/aromatic N) is 7. The summed E-state index contributed by atoms with van der Waals surface area (Å²) in [4.78, 5) is 80.6. The third-order valence-corrected chi connectivity index (χ3v) is 14.9. The topological polar surface area (TPSA) is 232 Å². The number of carbonyl (C=O) groups excluding carboxylic acids is 4. The Kier molecular flexibility index (Phi) is 16.3. The van der Waals surface area contributed by atoms with Crippen molar-refractivity contribution in [1.29, 1.82) is 0 Å². The van der Waals surface area contributed by atoms with Crippen LogP contribution in [0.4, 0.5) is 28.8 Å². The fraction of sp³-hybridized carbons (Fsp3) is 0.431. The molecule has 21 heteroatoms. The Bertz CT molecular complexity index is 2860. The van der Waals surface area contributed by atoms with E-state index in [0.29, 0.717) is 43.6 Å². The van der Waals surface area contributed by atoms with Gasteiger partial charge >= 0.3 is 0 Å². The highest BCUT2D eigenvalue weighted by Crippen LogP contribution is 2.32. The van der Waals surface area contributed by atoms with Gasteiger partial charge in [0.05, 0.1) is 27.1 Å². The molecular weight excluding hydrogens is 959 g/mol. The molecule has 3 aromatic carbocycles. The van der Waals surface area contributed by atoms with Crippen LogP contribution in [0.25, 0.3) is 10.4 Å². The maximum Gasteiger partial charge on any atom is 0.251 e. The number of aryl methyl sites for hydroxylation is 2. The summed E-state index contributed by atoms with van der Waals surface area (Å²) < 4.78 is 28.6. The lowest BCUT2D eigenvalue weighted by Gasteiger charge is -2.40. The summed E-state index contributed by atoms with van der Waals surface area (Å²) in [5, 5.41) is 21.0. The van der Waals surface area contributed by atoms with Crippen molar-refractivity contribution in [3.63, 3.8) is 0 Å². The van der Waals surface area contributed by atoms with Gasteiger partial charge in [0.2, 0.25) is 33.7 Å². The summed E-state index contributed by atoms with van der Waals surface area (Å²) in [6.07, 6.45) is 0.744. The van der Waals surface area contributed by atoms with Gasteiger partial charge in [-0.2, -0.15) is 4.98 Å². The van der Waals surface area contributed by atoms with Crippen LogP contribution in [0.1, 0.15) is 71.7 Å². The van der Waals surface area contributed by atoms with E-state index in [2.05, 4.69) is 40.5 Å². The molecule has 72 heavy (non-hydrogen) atoms. The van der Waals surface area contributed by atoms with E-state index in [1.807, 2.05) is 62.4 Å². The molecule has 4 amide bonds. The van der Waals surface area contributed by atoms with E-state index in [9.17, 15) is 32.7 Å². The number of rotatable bonds is 16. The first-order valence-corrected chi connectivity index (χ1v) is 26.1. The summed E-state index contributed by atoms with van der Waals surface area (Å²) in [5.41, 5.74) is 6.08. The van der Waals surface area contributed by atoms with Crippen molar-refractivity contribution < 1.29 is 37.5 Å². The summed E-state index contributed by atoms with van der Waals surface area (Å²) in [7, 11) is -3.74. The second kappa shape index (κ2) is 22.1. The number of hydrogen-bond donors (Lipinski definition) is 5. The molecule has 2 aliphatic rings. The van der Waals surface area contributed by atoms with Crippen LogP contribution in [-0.2, 0) is 40.6 Å². The summed E-state index contributed by atoms with van der Waals surface area (Å²) in [5.74, 6) is -1.11. The number of hydroxylamine groups is 2. The van der Waals surface area contributed by atoms with Gasteiger partial charge in [0, 0.05) is 87.0 Å². The van der Waals surface area contributed by atoms with E-state index in [1.54, 1.807) is 87.7 Å². The average molecular weight is 1020 g/mol. The SMILES string of the molecule is CC(=O)N(OCC(=O)N1CCN(c2ccc(Nc3ncc(C)c(Nc4cccc(S(=O)(=O)NC(C)(C)C)c4)n3)cc2)CC1)[C@H](C(=O)N1C[C@H](O)C[C@H]1C(=O)NCc1ccc(-c2scnc2C)cc1)C(C)(C)C. The van der Waals surface area contributed by atoms with E-state index < -0.39 is 63.5 Å². The van der Waals surface area contributed by atoms with Crippen molar-refractivity contribution in [2.75, 3.05) is 54.9 Å². The Morgan fingerprint density at radius 3 is 2.22 bits per heavy atom. The monoisotopic (exact) mass is 1020 g/mol. The Labute approximate surface area is 425 Å². The number of aliphatic hydroxyl groups is 1. The molecule has 5 aromatic rings. The lowest BCUT2D eigenvalue weighted by Crippen LogP contribution is -2.59. The minimum absolute atomic E-state index is 0.0262. The fourth-order valence-electron chi connectivity index (χ4n) is 8.58. The Hall–Kier alpha value is -6.52. The van der Waals surface area contributed by atoms with Gasteiger partial charge in [-0.25, -0.2) is 28.2 Å². The van der Waals surface area contributed by atoms with Crippen LogP contribution in [0.15, 0.2) is 89.4 Å². The van der Waals surface area contributed by atoms with Gasteiger partial charge in [-0.1, -0.05) is 51.1 Å². The van der Waals surface area contributed by atoms with Crippen LogP contribution in [0.3, 0.4) is 0 Å². The number of piperazine rings is 1. The molecule has 4 heterocycles. The van der Waals surface area contributed by atoms with Crippen LogP contribution >= 0.6 is 11.3 Å². The number of β-amino-alcohol motifs (C(OH)–C–C–N with tert-alkyl or cyclic N) is 1. The van der Waals surface area contributed by atoms with Crippen molar-refractivity contribution in [2.24, 2.45) is 5.41 Å². The quantitative estimate of drug-likeness (QED) is 0.0725. The van der Waals surface area contributed by atoms with E-state index in [4.69, 9.17) is 4.84 Å². The zero-order chi connectivity index (χ0) is 52.1. The Balaban J connectivity index is 0.913. The second-order valence-electron chi connectivity index (χ2n) is 20.2. The lowest BCUT2D eigenvalue weighted by molar-refractivity contribution is -0.215. The largest absolute Gasteiger partial charge is 0.391 e. The number of aliphatic hydroxyl groups excluding tert-OH is 1. The van der Waals surface area contributed by atoms with E-state index in [-0.39, 0.29) is 30.3 Å². The first-order valence-electron chi connectivity index (χ1n) is 23.8. The van der Waals surface area contributed by atoms with Crippen molar-refractivity contribution in [3.05, 3.63) is 101 Å². The van der Waals surface area contributed by atoms with Crippen LogP contribution < -0.4 is 25.6 Å². The zero-order valence-corrected chi connectivity index (χ0v) is 43.9. The van der Waals surface area contributed by atoms with Gasteiger partial charge in [-0.15, -0.1) is 11.3 Å². The van der Waals surface area contributed by atoms with Gasteiger partial charge in [0.1, 0.15) is 17.9 Å². The molecule has 3 atom stereocenters. The molecule has 5 N–H and O–H groups in total. The Morgan fingerprint density at radius 2 is 1.60 bits per heavy atom. The number of carbonyl (C=O) groups is 4. The van der Waals surface area contributed by atoms with E-state index in [0.717, 1.165) is 43.7 Å². The maximum atomic E-state index is 14.5. The van der Waals surface area contributed by atoms with Crippen molar-refractivity contribution >= 4 is 73.8 Å². The van der Waals surface area contributed by atoms with E-state index in [1.165, 1.54) is 17.9 Å². The molecule has 0 bridgehead atoms. The minimum atomic E-state index is -3.74. The van der Waals surface area contributed by atoms with Gasteiger partial charge in [0.15, 0.2) is 6.61 Å².